The van der Waals surface area contributed by atoms with Gasteiger partial charge >= 0.3 is 0 Å². The lowest BCUT2D eigenvalue weighted by Gasteiger charge is -2.18. The zero-order valence-corrected chi connectivity index (χ0v) is 8.66. The maximum atomic E-state index is 10.7. The van der Waals surface area contributed by atoms with Crippen LogP contribution in [0.25, 0.3) is 0 Å². The van der Waals surface area contributed by atoms with Crippen molar-refractivity contribution < 1.29 is 4.79 Å². The number of amides is 1. The van der Waals surface area contributed by atoms with E-state index in [0.717, 1.165) is 5.01 Å². The Bertz CT molecular complexity index is 421. The Hall–Kier alpha value is -2.36. The van der Waals surface area contributed by atoms with Crippen molar-refractivity contribution in [1.29, 1.82) is 0 Å². The molecule has 0 radical (unpaired) electrons. The number of tetrazole rings is 1. The highest BCUT2D eigenvalue weighted by molar-refractivity contribution is 5.91. The molecule has 0 bridgehead atoms. The zero-order valence-electron chi connectivity index (χ0n) is 8.66. The standard InChI is InChI=1S/C6H13N9O/c1-14-3(11-12-13-14)2-15(10)5(8)4(7)6(9)16/h2,7-8,10H2,1H3,(H2,9,16)/b5-4-. The molecule has 10 heteroatoms. The van der Waals surface area contributed by atoms with Crippen LogP contribution in [0.4, 0.5) is 0 Å². The Labute approximate surface area is 90.8 Å². The van der Waals surface area contributed by atoms with Gasteiger partial charge in [-0.05, 0) is 10.4 Å². The van der Waals surface area contributed by atoms with E-state index < -0.39 is 5.91 Å². The molecule has 0 aliphatic rings. The van der Waals surface area contributed by atoms with E-state index >= 15 is 0 Å². The molecule has 1 aromatic rings. The van der Waals surface area contributed by atoms with Crippen molar-refractivity contribution in [2.75, 3.05) is 0 Å². The summed E-state index contributed by atoms with van der Waals surface area (Å²) in [6.45, 7) is 0.101. The van der Waals surface area contributed by atoms with Crippen LogP contribution >= 0.6 is 0 Å². The van der Waals surface area contributed by atoms with E-state index in [1.165, 1.54) is 4.68 Å². The van der Waals surface area contributed by atoms with E-state index in [-0.39, 0.29) is 18.1 Å². The van der Waals surface area contributed by atoms with Crippen LogP contribution in [0.5, 0.6) is 0 Å². The van der Waals surface area contributed by atoms with Gasteiger partial charge in [-0.15, -0.1) is 5.10 Å². The molecule has 0 atom stereocenters. The quantitative estimate of drug-likeness (QED) is 0.233. The summed E-state index contributed by atoms with van der Waals surface area (Å²) in [7, 11) is 1.64. The van der Waals surface area contributed by atoms with Crippen LogP contribution in [0.3, 0.4) is 0 Å². The topological polar surface area (TPSA) is 168 Å². The van der Waals surface area contributed by atoms with Crippen LogP contribution in [-0.4, -0.2) is 31.1 Å². The molecule has 88 valence electrons. The van der Waals surface area contributed by atoms with E-state index in [0.29, 0.717) is 5.82 Å². The molecule has 0 fully saturated rings. The van der Waals surface area contributed by atoms with Crippen LogP contribution in [0.15, 0.2) is 11.5 Å². The third kappa shape index (κ3) is 2.36. The highest BCUT2D eigenvalue weighted by atomic mass is 16.1. The fraction of sp³-hybridized carbons (Fsp3) is 0.333. The Morgan fingerprint density at radius 2 is 2.06 bits per heavy atom. The number of nitrogens with two attached hydrogens (primary N) is 4. The molecular weight excluding hydrogens is 214 g/mol. The fourth-order valence-electron chi connectivity index (χ4n) is 0.900. The normalized spacial score (nSPS) is 12.1. The van der Waals surface area contributed by atoms with E-state index in [4.69, 9.17) is 23.0 Å². The number of hydrogen-bond donors (Lipinski definition) is 4. The van der Waals surface area contributed by atoms with Crippen molar-refractivity contribution in [1.82, 2.24) is 25.2 Å². The average molecular weight is 227 g/mol. The Morgan fingerprint density at radius 3 is 2.50 bits per heavy atom. The number of aromatic nitrogens is 4. The van der Waals surface area contributed by atoms with Crippen molar-refractivity contribution >= 4 is 5.91 Å². The predicted octanol–water partition coefficient (Wildman–Crippen LogP) is -3.54. The van der Waals surface area contributed by atoms with Gasteiger partial charge in [0, 0.05) is 7.05 Å². The lowest BCUT2D eigenvalue weighted by molar-refractivity contribution is -0.114. The molecule has 0 aromatic carbocycles. The largest absolute Gasteiger partial charge is 0.391 e. The van der Waals surface area contributed by atoms with Crippen molar-refractivity contribution in [3.05, 3.63) is 17.3 Å². The van der Waals surface area contributed by atoms with Gasteiger partial charge < -0.3 is 17.2 Å². The number of carbonyl (C=O) groups is 1. The maximum Gasteiger partial charge on any atom is 0.268 e. The van der Waals surface area contributed by atoms with Gasteiger partial charge in [0.15, 0.2) is 5.82 Å². The Kier molecular flexibility index (Phi) is 3.25. The predicted molar refractivity (Wildman–Crippen MR) is 53.1 cm³/mol. The molecule has 8 N–H and O–H groups in total. The van der Waals surface area contributed by atoms with E-state index in [2.05, 4.69) is 15.5 Å². The fourth-order valence-corrected chi connectivity index (χ4v) is 0.900. The van der Waals surface area contributed by atoms with Crippen LogP contribution in [0, 0.1) is 0 Å². The minimum absolute atomic E-state index is 0.101. The summed E-state index contributed by atoms with van der Waals surface area (Å²) in [5.41, 5.74) is 15.5. The number of hydrogen-bond acceptors (Lipinski definition) is 8. The molecule has 0 unspecified atom stereocenters. The summed E-state index contributed by atoms with van der Waals surface area (Å²) in [4.78, 5) is 10.7. The van der Waals surface area contributed by atoms with Crippen molar-refractivity contribution in [2.24, 2.45) is 30.1 Å². The first-order chi connectivity index (χ1) is 7.43. The molecule has 1 amide bonds. The molecule has 10 nitrogen and oxygen atoms in total. The number of nitrogens with zero attached hydrogens (tertiary/aromatic N) is 5. The van der Waals surface area contributed by atoms with Gasteiger partial charge in [0.25, 0.3) is 5.91 Å². The van der Waals surface area contributed by atoms with Gasteiger partial charge in [0.05, 0.1) is 6.54 Å². The van der Waals surface area contributed by atoms with E-state index in [1.807, 2.05) is 0 Å². The van der Waals surface area contributed by atoms with Crippen molar-refractivity contribution in [3.8, 4) is 0 Å². The Balaban J connectivity index is 2.81. The van der Waals surface area contributed by atoms with Crippen LogP contribution in [0.2, 0.25) is 0 Å². The van der Waals surface area contributed by atoms with Gasteiger partial charge in [-0.2, -0.15) is 0 Å². The maximum absolute atomic E-state index is 10.7. The zero-order chi connectivity index (χ0) is 12.3. The van der Waals surface area contributed by atoms with Crippen molar-refractivity contribution in [3.63, 3.8) is 0 Å². The summed E-state index contributed by atoms with van der Waals surface area (Å²) < 4.78 is 1.41. The first kappa shape index (κ1) is 11.7. The van der Waals surface area contributed by atoms with Crippen LogP contribution in [0.1, 0.15) is 5.82 Å². The molecule has 0 aliphatic heterocycles. The highest BCUT2D eigenvalue weighted by Crippen LogP contribution is 2.00. The molecule has 0 saturated heterocycles. The summed E-state index contributed by atoms with van der Waals surface area (Å²) in [5, 5.41) is 11.7. The smallest absolute Gasteiger partial charge is 0.268 e. The van der Waals surface area contributed by atoms with Crippen LogP contribution in [-0.2, 0) is 18.4 Å². The van der Waals surface area contributed by atoms with Crippen molar-refractivity contribution in [2.45, 2.75) is 6.54 Å². The Morgan fingerprint density at radius 1 is 1.44 bits per heavy atom. The lowest BCUT2D eigenvalue weighted by Crippen LogP contribution is -2.39. The van der Waals surface area contributed by atoms with Crippen LogP contribution < -0.4 is 23.0 Å². The molecule has 1 rings (SSSR count). The average Bonchev–Trinajstić information content (AvgIpc) is 2.62. The second-order valence-electron chi connectivity index (χ2n) is 3.01. The van der Waals surface area contributed by atoms with Gasteiger partial charge in [0.1, 0.15) is 11.5 Å². The summed E-state index contributed by atoms with van der Waals surface area (Å²) >= 11 is 0. The molecule has 16 heavy (non-hydrogen) atoms. The SMILES string of the molecule is Cn1nnnc1CN(N)/C(N)=C(\N)C(N)=O. The van der Waals surface area contributed by atoms with Gasteiger partial charge in [-0.1, -0.05) is 0 Å². The minimum Gasteiger partial charge on any atom is -0.391 e. The monoisotopic (exact) mass is 227 g/mol. The lowest BCUT2D eigenvalue weighted by atomic mass is 10.4. The summed E-state index contributed by atoms with van der Waals surface area (Å²) in [6.07, 6.45) is 0. The number of hydrazine groups is 1. The first-order valence-corrected chi connectivity index (χ1v) is 4.22. The van der Waals surface area contributed by atoms with E-state index in [9.17, 15) is 4.79 Å². The molecule has 1 aromatic heterocycles. The van der Waals surface area contributed by atoms with E-state index in [1.54, 1.807) is 7.05 Å². The molecule has 1 heterocycles. The number of aryl methyl sites for hydroxylation is 1. The van der Waals surface area contributed by atoms with Gasteiger partial charge in [-0.25, -0.2) is 10.5 Å². The molecule has 0 spiro atoms. The summed E-state index contributed by atoms with van der Waals surface area (Å²) in [6, 6.07) is 0. The third-order valence-corrected chi connectivity index (χ3v) is 1.87. The third-order valence-electron chi connectivity index (χ3n) is 1.87. The number of primary amides is 1. The number of rotatable bonds is 4. The summed E-state index contributed by atoms with van der Waals surface area (Å²) in [5.74, 6) is 5.06. The highest BCUT2D eigenvalue weighted by Gasteiger charge is 2.13. The number of carbonyl (C=O) groups excluding carboxylic acids is 1. The van der Waals surface area contributed by atoms with Gasteiger partial charge in [0.2, 0.25) is 0 Å². The first-order valence-electron chi connectivity index (χ1n) is 4.22. The molecule has 0 aliphatic carbocycles. The second kappa shape index (κ2) is 4.44. The second-order valence-corrected chi connectivity index (χ2v) is 3.01. The molecular formula is C6H13N9O. The molecule has 0 saturated carbocycles. The minimum atomic E-state index is -0.843. The van der Waals surface area contributed by atoms with Gasteiger partial charge in [-0.3, -0.25) is 9.80 Å².